The Kier molecular flexibility index (Phi) is 5.96. The number of nitrogens with zero attached hydrogens (tertiary/aromatic N) is 2. The number of nitrogens with one attached hydrogen (secondary N) is 1. The van der Waals surface area contributed by atoms with Crippen molar-refractivity contribution in [3.05, 3.63) is 42.4 Å². The van der Waals surface area contributed by atoms with E-state index < -0.39 is 0 Å². The van der Waals surface area contributed by atoms with Crippen LogP contribution in [0.25, 0.3) is 11.3 Å². The summed E-state index contributed by atoms with van der Waals surface area (Å²) < 4.78 is 5.69. The van der Waals surface area contributed by atoms with E-state index in [0.717, 1.165) is 5.56 Å². The molecule has 0 fully saturated rings. The summed E-state index contributed by atoms with van der Waals surface area (Å²) in [6, 6.07) is 9.68. The summed E-state index contributed by atoms with van der Waals surface area (Å²) in [4.78, 5) is 29.7. The molecule has 0 spiro atoms. The fraction of sp³-hybridized carbons (Fsp3) is 0.421. The molecule has 1 N–H and O–H groups in total. The Morgan fingerprint density at radius 3 is 2.52 bits per heavy atom. The van der Waals surface area contributed by atoms with Gasteiger partial charge in [-0.3, -0.25) is 9.59 Å². The molecule has 0 aliphatic heterocycles. The van der Waals surface area contributed by atoms with Crippen molar-refractivity contribution >= 4 is 11.8 Å². The normalized spacial score (nSPS) is 11.2. The van der Waals surface area contributed by atoms with Crippen LogP contribution in [-0.2, 0) is 16.0 Å². The molecular weight excluding hydrogens is 318 g/mol. The van der Waals surface area contributed by atoms with Gasteiger partial charge in [-0.1, -0.05) is 30.3 Å². The van der Waals surface area contributed by atoms with E-state index in [9.17, 15) is 9.59 Å². The molecule has 0 aliphatic carbocycles. The van der Waals surface area contributed by atoms with Gasteiger partial charge in [0.15, 0.2) is 11.7 Å². The summed E-state index contributed by atoms with van der Waals surface area (Å²) in [5.74, 6) is 0.898. The quantitative estimate of drug-likeness (QED) is 0.875. The number of rotatable bonds is 6. The first-order valence-corrected chi connectivity index (χ1v) is 8.30. The first-order valence-electron chi connectivity index (χ1n) is 8.30. The molecule has 2 aromatic rings. The molecule has 0 bridgehead atoms. The van der Waals surface area contributed by atoms with Gasteiger partial charge >= 0.3 is 0 Å². The van der Waals surface area contributed by atoms with E-state index in [2.05, 4.69) is 10.3 Å². The molecule has 6 heteroatoms. The molecule has 0 saturated carbocycles. The summed E-state index contributed by atoms with van der Waals surface area (Å²) in [6.07, 6.45) is 2.31. The van der Waals surface area contributed by atoms with E-state index in [0.29, 0.717) is 18.1 Å². The van der Waals surface area contributed by atoms with E-state index in [-0.39, 0.29) is 30.3 Å². The number of benzene rings is 1. The Hall–Kier alpha value is -2.63. The Bertz CT molecular complexity index is 717. The van der Waals surface area contributed by atoms with E-state index in [1.165, 1.54) is 4.90 Å². The molecule has 2 amide bonds. The molecular formula is C19H25N3O3. The molecule has 1 aromatic carbocycles. The van der Waals surface area contributed by atoms with E-state index in [1.54, 1.807) is 13.2 Å². The number of likely N-dealkylation sites (N-methyl/N-ethyl adjacent to an activating group) is 1. The lowest BCUT2D eigenvalue weighted by Gasteiger charge is -2.23. The summed E-state index contributed by atoms with van der Waals surface area (Å²) in [5.41, 5.74) is 0.635. The van der Waals surface area contributed by atoms with Crippen LogP contribution in [0.1, 0.15) is 33.1 Å². The van der Waals surface area contributed by atoms with Crippen molar-refractivity contribution in [3.8, 4) is 11.3 Å². The predicted molar refractivity (Wildman–Crippen MR) is 95.8 cm³/mol. The SMILES string of the molecule is CN(CC(=O)NC(C)(C)C)C(=O)CCc1ncc(-c2ccccc2)o1. The van der Waals surface area contributed by atoms with Crippen molar-refractivity contribution in [2.75, 3.05) is 13.6 Å². The van der Waals surface area contributed by atoms with Crippen LogP contribution in [0.15, 0.2) is 40.9 Å². The summed E-state index contributed by atoms with van der Waals surface area (Å²) in [7, 11) is 1.62. The topological polar surface area (TPSA) is 75.4 Å². The number of oxazole rings is 1. The van der Waals surface area contributed by atoms with Crippen molar-refractivity contribution < 1.29 is 14.0 Å². The van der Waals surface area contributed by atoms with Gasteiger partial charge in [0, 0.05) is 31.0 Å². The Balaban J connectivity index is 1.84. The van der Waals surface area contributed by atoms with Crippen LogP contribution in [0.2, 0.25) is 0 Å². The van der Waals surface area contributed by atoms with Crippen LogP contribution in [0.3, 0.4) is 0 Å². The molecule has 2 rings (SSSR count). The minimum absolute atomic E-state index is 0.0386. The van der Waals surface area contributed by atoms with Gasteiger partial charge in [0.1, 0.15) is 0 Å². The molecule has 25 heavy (non-hydrogen) atoms. The second-order valence-electron chi connectivity index (χ2n) is 7.03. The average molecular weight is 343 g/mol. The molecule has 134 valence electrons. The predicted octanol–water partition coefficient (Wildman–Crippen LogP) is 2.65. The highest BCUT2D eigenvalue weighted by Crippen LogP contribution is 2.20. The molecule has 6 nitrogen and oxygen atoms in total. The monoisotopic (exact) mass is 343 g/mol. The van der Waals surface area contributed by atoms with E-state index in [4.69, 9.17) is 4.42 Å². The van der Waals surface area contributed by atoms with Crippen LogP contribution < -0.4 is 5.32 Å². The van der Waals surface area contributed by atoms with Gasteiger partial charge in [-0.2, -0.15) is 0 Å². The number of amides is 2. The molecule has 1 aromatic heterocycles. The highest BCUT2D eigenvalue weighted by Gasteiger charge is 2.18. The van der Waals surface area contributed by atoms with Gasteiger partial charge in [-0.05, 0) is 20.8 Å². The second kappa shape index (κ2) is 7.96. The summed E-state index contributed by atoms with van der Waals surface area (Å²) in [5, 5.41) is 2.84. The third-order valence-corrected chi connectivity index (χ3v) is 3.49. The molecule has 1 heterocycles. The largest absolute Gasteiger partial charge is 0.441 e. The van der Waals surface area contributed by atoms with Crippen molar-refractivity contribution in [1.29, 1.82) is 0 Å². The lowest BCUT2D eigenvalue weighted by molar-refractivity contribution is -0.135. The Morgan fingerprint density at radius 1 is 1.20 bits per heavy atom. The summed E-state index contributed by atoms with van der Waals surface area (Å²) >= 11 is 0. The number of hydrogen-bond donors (Lipinski definition) is 1. The molecule has 0 atom stereocenters. The van der Waals surface area contributed by atoms with Gasteiger partial charge in [0.2, 0.25) is 11.8 Å². The molecule has 0 radical (unpaired) electrons. The maximum Gasteiger partial charge on any atom is 0.240 e. The van der Waals surface area contributed by atoms with Crippen LogP contribution in [0.5, 0.6) is 0 Å². The van der Waals surface area contributed by atoms with Crippen molar-refractivity contribution in [3.63, 3.8) is 0 Å². The number of hydrogen-bond acceptors (Lipinski definition) is 4. The van der Waals surface area contributed by atoms with Crippen LogP contribution in [-0.4, -0.2) is 40.8 Å². The van der Waals surface area contributed by atoms with Crippen LogP contribution in [0, 0.1) is 0 Å². The third-order valence-electron chi connectivity index (χ3n) is 3.49. The van der Waals surface area contributed by atoms with Gasteiger partial charge < -0.3 is 14.6 Å². The van der Waals surface area contributed by atoms with Crippen LogP contribution in [0.4, 0.5) is 0 Å². The van der Waals surface area contributed by atoms with Gasteiger partial charge in [-0.15, -0.1) is 0 Å². The Morgan fingerprint density at radius 2 is 1.88 bits per heavy atom. The van der Waals surface area contributed by atoms with Gasteiger partial charge in [0.25, 0.3) is 0 Å². The highest BCUT2D eigenvalue weighted by atomic mass is 16.4. The minimum atomic E-state index is -0.313. The highest BCUT2D eigenvalue weighted by molar-refractivity contribution is 5.85. The number of carbonyl (C=O) groups excluding carboxylic acids is 2. The first-order chi connectivity index (χ1) is 11.7. The number of carbonyl (C=O) groups is 2. The number of aryl methyl sites for hydroxylation is 1. The second-order valence-corrected chi connectivity index (χ2v) is 7.03. The molecule has 0 unspecified atom stereocenters. The van der Waals surface area contributed by atoms with Crippen LogP contribution >= 0.6 is 0 Å². The van der Waals surface area contributed by atoms with E-state index in [1.807, 2.05) is 51.1 Å². The molecule has 0 saturated heterocycles. The minimum Gasteiger partial charge on any atom is -0.441 e. The fourth-order valence-corrected chi connectivity index (χ4v) is 2.33. The standard InChI is InChI=1S/C19H25N3O3/c1-19(2,3)21-16(23)13-22(4)18(24)11-10-17-20-12-15(25-17)14-8-6-5-7-9-14/h5-9,12H,10-11,13H2,1-4H3,(H,21,23). The zero-order valence-electron chi connectivity index (χ0n) is 15.2. The van der Waals surface area contributed by atoms with Crippen molar-refractivity contribution in [1.82, 2.24) is 15.2 Å². The zero-order chi connectivity index (χ0) is 18.4. The first kappa shape index (κ1) is 18.7. The maximum absolute atomic E-state index is 12.2. The lowest BCUT2D eigenvalue weighted by atomic mass is 10.1. The maximum atomic E-state index is 12.2. The van der Waals surface area contributed by atoms with E-state index >= 15 is 0 Å². The molecule has 0 aliphatic rings. The average Bonchev–Trinajstić information content (AvgIpc) is 3.00. The van der Waals surface area contributed by atoms with Gasteiger partial charge in [0.05, 0.1) is 12.7 Å². The number of aromatic nitrogens is 1. The lowest BCUT2D eigenvalue weighted by Crippen LogP contribution is -2.46. The Labute approximate surface area is 148 Å². The fourth-order valence-electron chi connectivity index (χ4n) is 2.33. The van der Waals surface area contributed by atoms with Gasteiger partial charge in [-0.25, -0.2) is 4.98 Å². The van der Waals surface area contributed by atoms with Crippen molar-refractivity contribution in [2.24, 2.45) is 0 Å². The summed E-state index contributed by atoms with van der Waals surface area (Å²) in [6.45, 7) is 5.75. The van der Waals surface area contributed by atoms with Crippen molar-refractivity contribution in [2.45, 2.75) is 39.2 Å². The zero-order valence-corrected chi connectivity index (χ0v) is 15.2. The smallest absolute Gasteiger partial charge is 0.240 e. The third kappa shape index (κ3) is 6.06.